The summed E-state index contributed by atoms with van der Waals surface area (Å²) in [5.41, 5.74) is 3.13. The second-order valence-electron chi connectivity index (χ2n) is 5.46. The first-order valence-corrected chi connectivity index (χ1v) is 7.13. The number of aryl methyl sites for hydroxylation is 1. The highest BCUT2D eigenvalue weighted by Crippen LogP contribution is 2.23. The molecule has 3 aromatic rings. The Labute approximate surface area is 128 Å². The van der Waals surface area contributed by atoms with Crippen molar-refractivity contribution in [2.24, 2.45) is 0 Å². The maximum atomic E-state index is 13.4. The van der Waals surface area contributed by atoms with Crippen molar-refractivity contribution in [1.82, 2.24) is 9.88 Å². The van der Waals surface area contributed by atoms with Crippen molar-refractivity contribution in [2.75, 3.05) is 7.05 Å². The molecule has 4 heteroatoms. The number of carbonyl (C=O) groups excluding carboxylic acids is 1. The number of nitrogens with zero attached hydrogens (tertiary/aromatic N) is 1. The predicted octanol–water partition coefficient (Wildman–Crippen LogP) is 3.89. The van der Waals surface area contributed by atoms with E-state index < -0.39 is 0 Å². The summed E-state index contributed by atoms with van der Waals surface area (Å²) in [7, 11) is 1.76. The summed E-state index contributed by atoms with van der Waals surface area (Å²) in [5.74, 6) is -0.399. The lowest BCUT2D eigenvalue weighted by Gasteiger charge is -2.17. The van der Waals surface area contributed by atoms with Crippen molar-refractivity contribution >= 4 is 16.8 Å². The van der Waals surface area contributed by atoms with E-state index in [1.807, 2.05) is 37.3 Å². The van der Waals surface area contributed by atoms with Gasteiger partial charge >= 0.3 is 0 Å². The minimum absolute atomic E-state index is 0.0991. The van der Waals surface area contributed by atoms with E-state index in [4.69, 9.17) is 0 Å². The number of aromatic nitrogens is 1. The van der Waals surface area contributed by atoms with Crippen molar-refractivity contribution in [2.45, 2.75) is 13.5 Å². The van der Waals surface area contributed by atoms with Crippen LogP contribution in [-0.4, -0.2) is 22.8 Å². The van der Waals surface area contributed by atoms with E-state index in [1.165, 1.54) is 12.1 Å². The van der Waals surface area contributed by atoms with E-state index in [2.05, 4.69) is 4.98 Å². The molecule has 1 N–H and O–H groups in total. The van der Waals surface area contributed by atoms with Crippen LogP contribution < -0.4 is 0 Å². The first-order chi connectivity index (χ1) is 10.6. The second kappa shape index (κ2) is 5.64. The summed E-state index contributed by atoms with van der Waals surface area (Å²) in [5, 5.41) is 0.747. The first-order valence-electron chi connectivity index (χ1n) is 7.13. The van der Waals surface area contributed by atoms with Crippen molar-refractivity contribution in [3.05, 3.63) is 71.2 Å². The quantitative estimate of drug-likeness (QED) is 0.782. The first kappa shape index (κ1) is 14.3. The molecule has 112 valence electrons. The van der Waals surface area contributed by atoms with E-state index >= 15 is 0 Å². The van der Waals surface area contributed by atoms with Crippen LogP contribution in [-0.2, 0) is 6.54 Å². The van der Waals surface area contributed by atoms with Crippen molar-refractivity contribution in [3.8, 4) is 0 Å². The number of aromatic amines is 1. The Morgan fingerprint density at radius 1 is 1.18 bits per heavy atom. The van der Waals surface area contributed by atoms with Crippen LogP contribution in [0.4, 0.5) is 4.39 Å². The Morgan fingerprint density at radius 3 is 2.64 bits per heavy atom. The van der Waals surface area contributed by atoms with E-state index in [-0.39, 0.29) is 11.7 Å². The van der Waals surface area contributed by atoms with Gasteiger partial charge < -0.3 is 9.88 Å². The molecule has 0 aliphatic heterocycles. The smallest absolute Gasteiger partial charge is 0.270 e. The van der Waals surface area contributed by atoms with Gasteiger partial charge in [0.05, 0.1) is 0 Å². The van der Waals surface area contributed by atoms with Gasteiger partial charge in [0.15, 0.2) is 0 Å². The number of fused-ring (bicyclic) bond motifs is 1. The van der Waals surface area contributed by atoms with Gasteiger partial charge in [-0.25, -0.2) is 4.39 Å². The standard InChI is InChI=1S/C18H17FN2O/c1-12-15-10-14(19)8-9-16(15)20-17(12)18(22)21(2)11-13-6-4-3-5-7-13/h3-10,20H,11H2,1-2H3. The Balaban J connectivity index is 1.90. The fourth-order valence-electron chi connectivity index (χ4n) is 2.63. The van der Waals surface area contributed by atoms with E-state index in [0.717, 1.165) is 22.0 Å². The van der Waals surface area contributed by atoms with Gasteiger partial charge in [0.1, 0.15) is 11.5 Å². The molecule has 0 unspecified atom stereocenters. The summed E-state index contributed by atoms with van der Waals surface area (Å²) in [6, 6.07) is 14.3. The van der Waals surface area contributed by atoms with Crippen LogP contribution in [0.5, 0.6) is 0 Å². The van der Waals surface area contributed by atoms with Gasteiger partial charge in [-0.05, 0) is 36.2 Å². The second-order valence-corrected chi connectivity index (χ2v) is 5.46. The van der Waals surface area contributed by atoms with E-state index in [1.54, 1.807) is 18.0 Å². The third-order valence-corrected chi connectivity index (χ3v) is 3.84. The average Bonchev–Trinajstić information content (AvgIpc) is 2.84. The lowest BCUT2D eigenvalue weighted by molar-refractivity contribution is 0.0779. The molecule has 1 amide bonds. The third-order valence-electron chi connectivity index (χ3n) is 3.84. The maximum absolute atomic E-state index is 13.4. The molecular formula is C18H17FN2O. The van der Waals surface area contributed by atoms with Gasteiger partial charge in [-0.15, -0.1) is 0 Å². The number of hydrogen-bond acceptors (Lipinski definition) is 1. The molecule has 1 heterocycles. The minimum atomic E-state index is -0.300. The van der Waals surface area contributed by atoms with Gasteiger partial charge in [0.25, 0.3) is 5.91 Å². The molecule has 0 spiro atoms. The molecule has 3 nitrogen and oxygen atoms in total. The maximum Gasteiger partial charge on any atom is 0.270 e. The molecular weight excluding hydrogens is 279 g/mol. The summed E-state index contributed by atoms with van der Waals surface area (Å²) < 4.78 is 13.4. The summed E-state index contributed by atoms with van der Waals surface area (Å²) in [4.78, 5) is 17.4. The van der Waals surface area contributed by atoms with Gasteiger partial charge in [0, 0.05) is 24.5 Å². The molecule has 0 radical (unpaired) electrons. The molecule has 0 aliphatic carbocycles. The molecule has 0 saturated carbocycles. The number of hydrogen-bond donors (Lipinski definition) is 1. The molecule has 0 atom stereocenters. The molecule has 2 aromatic carbocycles. The minimum Gasteiger partial charge on any atom is -0.350 e. The molecule has 0 fully saturated rings. The predicted molar refractivity (Wildman–Crippen MR) is 85.2 cm³/mol. The number of benzene rings is 2. The number of amides is 1. The van der Waals surface area contributed by atoms with Crippen LogP contribution in [0.25, 0.3) is 10.9 Å². The van der Waals surface area contributed by atoms with Crippen LogP contribution in [0, 0.1) is 12.7 Å². The number of carbonyl (C=O) groups is 1. The Kier molecular flexibility index (Phi) is 3.67. The summed E-state index contributed by atoms with van der Waals surface area (Å²) >= 11 is 0. The fourth-order valence-corrected chi connectivity index (χ4v) is 2.63. The Morgan fingerprint density at radius 2 is 1.91 bits per heavy atom. The van der Waals surface area contributed by atoms with Crippen LogP contribution in [0.1, 0.15) is 21.6 Å². The highest BCUT2D eigenvalue weighted by atomic mass is 19.1. The zero-order valence-corrected chi connectivity index (χ0v) is 12.6. The average molecular weight is 296 g/mol. The highest BCUT2D eigenvalue weighted by Gasteiger charge is 2.18. The van der Waals surface area contributed by atoms with Crippen molar-refractivity contribution in [1.29, 1.82) is 0 Å². The van der Waals surface area contributed by atoms with Gasteiger partial charge in [-0.1, -0.05) is 30.3 Å². The number of rotatable bonds is 3. The lowest BCUT2D eigenvalue weighted by Crippen LogP contribution is -2.27. The number of nitrogens with one attached hydrogen (secondary N) is 1. The van der Waals surface area contributed by atoms with E-state index in [0.29, 0.717) is 12.2 Å². The topological polar surface area (TPSA) is 36.1 Å². The number of H-pyrrole nitrogens is 1. The molecule has 0 saturated heterocycles. The zero-order valence-electron chi connectivity index (χ0n) is 12.6. The normalized spacial score (nSPS) is 10.9. The zero-order chi connectivity index (χ0) is 15.7. The van der Waals surface area contributed by atoms with Crippen LogP contribution in [0.3, 0.4) is 0 Å². The van der Waals surface area contributed by atoms with Gasteiger partial charge in [-0.2, -0.15) is 0 Å². The summed E-state index contributed by atoms with van der Waals surface area (Å²) in [6.07, 6.45) is 0. The van der Waals surface area contributed by atoms with Crippen LogP contribution in [0.2, 0.25) is 0 Å². The van der Waals surface area contributed by atoms with Gasteiger partial charge in [-0.3, -0.25) is 4.79 Å². The number of halogens is 1. The summed E-state index contributed by atoms with van der Waals surface area (Å²) in [6.45, 7) is 2.37. The van der Waals surface area contributed by atoms with Crippen LogP contribution in [0.15, 0.2) is 48.5 Å². The van der Waals surface area contributed by atoms with Crippen molar-refractivity contribution in [3.63, 3.8) is 0 Å². The molecule has 1 aromatic heterocycles. The Bertz CT molecular complexity index is 824. The molecule has 0 bridgehead atoms. The van der Waals surface area contributed by atoms with E-state index in [9.17, 15) is 9.18 Å². The SMILES string of the molecule is Cc1c(C(=O)N(C)Cc2ccccc2)[nH]c2ccc(F)cc12. The molecule has 3 rings (SSSR count). The third kappa shape index (κ3) is 2.60. The van der Waals surface area contributed by atoms with Gasteiger partial charge in [0.2, 0.25) is 0 Å². The lowest BCUT2D eigenvalue weighted by atomic mass is 10.1. The van der Waals surface area contributed by atoms with Crippen molar-refractivity contribution < 1.29 is 9.18 Å². The largest absolute Gasteiger partial charge is 0.350 e. The highest BCUT2D eigenvalue weighted by molar-refractivity contribution is 6.00. The monoisotopic (exact) mass is 296 g/mol. The van der Waals surface area contributed by atoms with Crippen LogP contribution >= 0.6 is 0 Å². The fraction of sp³-hybridized carbons (Fsp3) is 0.167. The molecule has 22 heavy (non-hydrogen) atoms. The molecule has 0 aliphatic rings. The Hall–Kier alpha value is -2.62.